The fraction of sp³-hybridized carbons (Fsp3) is 0.0870. The summed E-state index contributed by atoms with van der Waals surface area (Å²) in [5, 5.41) is 14.2. The molecule has 1 aliphatic carbocycles. The number of amides is 1. The molecule has 0 fully saturated rings. The van der Waals surface area contributed by atoms with E-state index in [-0.39, 0.29) is 5.91 Å². The van der Waals surface area contributed by atoms with Gasteiger partial charge in [-0.1, -0.05) is 60.1 Å². The number of rotatable bonds is 4. The molecule has 29 heavy (non-hydrogen) atoms. The summed E-state index contributed by atoms with van der Waals surface area (Å²) in [6.45, 7) is 0. The lowest BCUT2D eigenvalue weighted by atomic mass is 9.98. The van der Waals surface area contributed by atoms with Gasteiger partial charge in [-0.15, -0.1) is 0 Å². The zero-order valence-electron chi connectivity index (χ0n) is 15.4. The summed E-state index contributed by atoms with van der Waals surface area (Å²) >= 11 is 6.08. The van der Waals surface area contributed by atoms with Gasteiger partial charge in [0.2, 0.25) is 0 Å². The van der Waals surface area contributed by atoms with E-state index in [2.05, 4.69) is 51.1 Å². The van der Waals surface area contributed by atoms with Crippen molar-refractivity contribution in [2.45, 2.75) is 12.8 Å². The predicted octanol–water partition coefficient (Wildman–Crippen LogP) is 4.75. The third-order valence-electron chi connectivity index (χ3n) is 5.25. The molecule has 1 aromatic heterocycles. The van der Waals surface area contributed by atoms with E-state index in [9.17, 15) is 4.79 Å². The molecule has 0 spiro atoms. The normalized spacial score (nSPS) is 12.7. The maximum atomic E-state index is 12.4. The standard InChI is InChI=1S/C23H17ClN4O/c24-19-7-2-1-4-16(19)13-25-28-23(29)21-12-20(26-27-21)17-11-10-15-9-8-14-5-3-6-18(17)22(14)15/h1-7,10-13H,8-9H2,(H,26,27)(H,28,29)/b25-13+. The smallest absolute Gasteiger partial charge is 0.272 e. The van der Waals surface area contributed by atoms with Crippen molar-refractivity contribution >= 4 is 34.5 Å². The Balaban J connectivity index is 1.40. The Morgan fingerprint density at radius 1 is 1.07 bits per heavy atom. The van der Waals surface area contributed by atoms with Gasteiger partial charge < -0.3 is 0 Å². The van der Waals surface area contributed by atoms with Gasteiger partial charge in [-0.25, -0.2) is 5.43 Å². The van der Waals surface area contributed by atoms with Crippen LogP contribution in [0.1, 0.15) is 27.2 Å². The monoisotopic (exact) mass is 400 g/mol. The molecule has 0 bridgehead atoms. The number of benzene rings is 3. The van der Waals surface area contributed by atoms with Crippen LogP contribution in [0.3, 0.4) is 0 Å². The summed E-state index contributed by atoms with van der Waals surface area (Å²) in [6, 6.07) is 19.7. The van der Waals surface area contributed by atoms with Gasteiger partial charge in [0.15, 0.2) is 0 Å². The number of aryl methyl sites for hydroxylation is 2. The number of aromatic amines is 1. The van der Waals surface area contributed by atoms with Crippen molar-refractivity contribution in [1.82, 2.24) is 15.6 Å². The van der Waals surface area contributed by atoms with Crippen molar-refractivity contribution in [2.75, 3.05) is 0 Å². The van der Waals surface area contributed by atoms with E-state index in [0.29, 0.717) is 10.7 Å². The van der Waals surface area contributed by atoms with Gasteiger partial charge in [0, 0.05) is 16.1 Å². The number of halogens is 1. The van der Waals surface area contributed by atoms with Gasteiger partial charge in [-0.05, 0) is 46.9 Å². The van der Waals surface area contributed by atoms with E-state index < -0.39 is 0 Å². The minimum absolute atomic E-state index is 0.347. The first-order valence-electron chi connectivity index (χ1n) is 9.38. The lowest BCUT2D eigenvalue weighted by Crippen LogP contribution is -2.18. The van der Waals surface area contributed by atoms with Crippen LogP contribution in [0.2, 0.25) is 5.02 Å². The van der Waals surface area contributed by atoms with Crippen LogP contribution in [0.25, 0.3) is 22.0 Å². The van der Waals surface area contributed by atoms with Gasteiger partial charge in [0.1, 0.15) is 5.69 Å². The molecule has 6 heteroatoms. The summed E-state index contributed by atoms with van der Waals surface area (Å²) in [6.07, 6.45) is 3.67. The molecule has 3 aromatic carbocycles. The Hall–Kier alpha value is -3.44. The van der Waals surface area contributed by atoms with Gasteiger partial charge in [0.25, 0.3) is 5.91 Å². The second-order valence-corrected chi connectivity index (χ2v) is 7.41. The summed E-state index contributed by atoms with van der Waals surface area (Å²) < 4.78 is 0. The summed E-state index contributed by atoms with van der Waals surface area (Å²) in [5.41, 5.74) is 8.09. The van der Waals surface area contributed by atoms with Crippen molar-refractivity contribution in [3.63, 3.8) is 0 Å². The summed E-state index contributed by atoms with van der Waals surface area (Å²) in [7, 11) is 0. The van der Waals surface area contributed by atoms with E-state index in [1.54, 1.807) is 12.1 Å². The second kappa shape index (κ2) is 7.18. The average molecular weight is 401 g/mol. The van der Waals surface area contributed by atoms with Crippen molar-refractivity contribution in [3.8, 4) is 11.3 Å². The second-order valence-electron chi connectivity index (χ2n) is 7.00. The highest BCUT2D eigenvalue weighted by Gasteiger charge is 2.18. The minimum Gasteiger partial charge on any atom is -0.272 e. The first-order valence-corrected chi connectivity index (χ1v) is 9.76. The van der Waals surface area contributed by atoms with Crippen molar-refractivity contribution in [3.05, 3.63) is 88.1 Å². The fourth-order valence-electron chi connectivity index (χ4n) is 3.85. The van der Waals surface area contributed by atoms with E-state index in [1.807, 2.05) is 18.2 Å². The van der Waals surface area contributed by atoms with Crippen LogP contribution < -0.4 is 5.43 Å². The molecule has 1 amide bonds. The van der Waals surface area contributed by atoms with E-state index >= 15 is 0 Å². The highest BCUT2D eigenvalue weighted by molar-refractivity contribution is 6.33. The van der Waals surface area contributed by atoms with Crippen LogP contribution in [-0.2, 0) is 12.8 Å². The maximum Gasteiger partial charge on any atom is 0.289 e. The van der Waals surface area contributed by atoms with E-state index in [4.69, 9.17) is 11.6 Å². The molecule has 0 atom stereocenters. The number of hydrogen-bond donors (Lipinski definition) is 2. The van der Waals surface area contributed by atoms with Crippen molar-refractivity contribution in [1.29, 1.82) is 0 Å². The molecule has 0 unspecified atom stereocenters. The lowest BCUT2D eigenvalue weighted by molar-refractivity contribution is 0.0950. The highest BCUT2D eigenvalue weighted by atomic mass is 35.5. The molecule has 0 saturated heterocycles. The molecular formula is C23H17ClN4O. The van der Waals surface area contributed by atoms with Crippen molar-refractivity contribution in [2.24, 2.45) is 5.10 Å². The predicted molar refractivity (Wildman–Crippen MR) is 115 cm³/mol. The van der Waals surface area contributed by atoms with E-state index in [1.165, 1.54) is 28.1 Å². The molecule has 142 valence electrons. The van der Waals surface area contributed by atoms with Crippen LogP contribution in [-0.4, -0.2) is 22.3 Å². The van der Waals surface area contributed by atoms with Crippen LogP contribution in [0, 0.1) is 0 Å². The number of carbonyl (C=O) groups is 1. The first kappa shape index (κ1) is 17.6. The molecule has 5 rings (SSSR count). The van der Waals surface area contributed by atoms with E-state index in [0.717, 1.165) is 29.7 Å². The maximum absolute atomic E-state index is 12.4. The molecule has 0 saturated carbocycles. The van der Waals surface area contributed by atoms with Crippen molar-refractivity contribution < 1.29 is 4.79 Å². The zero-order valence-corrected chi connectivity index (χ0v) is 16.2. The zero-order chi connectivity index (χ0) is 19.8. The third kappa shape index (κ3) is 3.19. The van der Waals surface area contributed by atoms with Crippen LogP contribution >= 0.6 is 11.6 Å². The Morgan fingerprint density at radius 3 is 2.76 bits per heavy atom. The van der Waals surface area contributed by atoms with Crippen LogP contribution in [0.4, 0.5) is 0 Å². The number of aromatic nitrogens is 2. The largest absolute Gasteiger partial charge is 0.289 e. The number of nitrogens with one attached hydrogen (secondary N) is 2. The average Bonchev–Trinajstić information content (AvgIpc) is 3.39. The molecule has 4 aromatic rings. The van der Waals surface area contributed by atoms with Gasteiger partial charge in [-0.2, -0.15) is 10.2 Å². The molecule has 0 radical (unpaired) electrons. The quantitative estimate of drug-likeness (QED) is 0.383. The molecule has 1 aliphatic rings. The van der Waals surface area contributed by atoms with Crippen LogP contribution in [0.15, 0.2) is 65.8 Å². The number of hydrogen-bond acceptors (Lipinski definition) is 3. The minimum atomic E-state index is -0.363. The molecular weight excluding hydrogens is 384 g/mol. The van der Waals surface area contributed by atoms with Gasteiger partial charge >= 0.3 is 0 Å². The molecule has 0 aliphatic heterocycles. The number of carbonyl (C=O) groups excluding carboxylic acids is 1. The number of hydrazone groups is 1. The Labute approximate surface area is 172 Å². The topological polar surface area (TPSA) is 70.1 Å². The molecule has 2 N–H and O–H groups in total. The highest BCUT2D eigenvalue weighted by Crippen LogP contribution is 2.36. The number of H-pyrrole nitrogens is 1. The number of nitrogens with zero attached hydrogens (tertiary/aromatic N) is 2. The Kier molecular flexibility index (Phi) is 4.37. The summed E-state index contributed by atoms with van der Waals surface area (Å²) in [5.74, 6) is -0.363. The summed E-state index contributed by atoms with van der Waals surface area (Å²) in [4.78, 5) is 12.4. The van der Waals surface area contributed by atoms with Gasteiger partial charge in [0.05, 0.1) is 11.9 Å². The Bertz CT molecular complexity index is 1260. The van der Waals surface area contributed by atoms with Gasteiger partial charge in [-0.3, -0.25) is 9.89 Å². The SMILES string of the molecule is O=C(N/N=C/c1ccccc1Cl)c1cc(-c2ccc3c4c(cccc24)CC3)n[nH]1. The Morgan fingerprint density at radius 2 is 1.90 bits per heavy atom. The molecule has 5 nitrogen and oxygen atoms in total. The third-order valence-corrected chi connectivity index (χ3v) is 5.59. The molecule has 1 heterocycles. The fourth-order valence-corrected chi connectivity index (χ4v) is 4.03. The lowest BCUT2D eigenvalue weighted by Gasteiger charge is -2.06. The van der Waals surface area contributed by atoms with Crippen LogP contribution in [0.5, 0.6) is 0 Å². The first-order chi connectivity index (χ1) is 14.2.